The molecule has 1 aromatic carbocycles. The van der Waals surface area contributed by atoms with Gasteiger partial charge in [-0.3, -0.25) is 4.79 Å². The number of carbonyl (C=O) groups is 1. The Morgan fingerprint density at radius 3 is 2.44 bits per heavy atom. The molecule has 0 spiro atoms. The van der Waals surface area contributed by atoms with Crippen LogP contribution in [0.2, 0.25) is 0 Å². The highest BCUT2D eigenvalue weighted by molar-refractivity contribution is 5.99. The summed E-state index contributed by atoms with van der Waals surface area (Å²) in [6.07, 6.45) is 0.486. The van der Waals surface area contributed by atoms with E-state index in [4.69, 9.17) is 4.74 Å². The molecule has 1 aromatic rings. The van der Waals surface area contributed by atoms with Gasteiger partial charge in [0.2, 0.25) is 5.91 Å². The first-order valence-corrected chi connectivity index (χ1v) is 6.00. The van der Waals surface area contributed by atoms with Crippen LogP contribution in [0.4, 0.5) is 0 Å². The number of methoxy groups -OCH3 is 1. The summed E-state index contributed by atoms with van der Waals surface area (Å²) in [5.41, 5.74) is 4.29. The van der Waals surface area contributed by atoms with Crippen molar-refractivity contribution in [3.8, 4) is 5.75 Å². The highest BCUT2D eigenvalue weighted by Crippen LogP contribution is 2.11. The molecule has 1 rings (SSSR count). The number of nitrogens with zero attached hydrogens (tertiary/aromatic N) is 1. The van der Waals surface area contributed by atoms with Gasteiger partial charge >= 0.3 is 0 Å². The van der Waals surface area contributed by atoms with Crippen LogP contribution in [-0.2, 0) is 4.79 Å². The normalized spacial score (nSPS) is 11.5. The van der Waals surface area contributed by atoms with Gasteiger partial charge < -0.3 is 4.74 Å². The summed E-state index contributed by atoms with van der Waals surface area (Å²) in [5, 5.41) is 4.08. The van der Waals surface area contributed by atoms with E-state index in [9.17, 15) is 4.79 Å². The molecule has 4 nitrogen and oxygen atoms in total. The third-order valence-electron chi connectivity index (χ3n) is 2.45. The summed E-state index contributed by atoms with van der Waals surface area (Å²) >= 11 is 0. The lowest BCUT2D eigenvalue weighted by Crippen LogP contribution is -2.20. The number of hydrazone groups is 1. The average molecular weight is 248 g/mol. The largest absolute Gasteiger partial charge is 0.497 e. The van der Waals surface area contributed by atoms with Crippen molar-refractivity contribution < 1.29 is 9.53 Å². The number of nitrogens with one attached hydrogen (secondary N) is 1. The van der Waals surface area contributed by atoms with E-state index in [1.165, 1.54) is 0 Å². The standard InChI is InChI=1S/C14H20N2O2/c1-10(2)9-14(17)16-15-11(3)12-5-7-13(18-4)8-6-12/h5-8,10H,9H2,1-4H3,(H,16,17)/b15-11-. The zero-order valence-electron chi connectivity index (χ0n) is 11.4. The molecule has 0 bridgehead atoms. The third-order valence-corrected chi connectivity index (χ3v) is 2.45. The molecule has 0 unspecified atom stereocenters. The zero-order valence-corrected chi connectivity index (χ0v) is 11.4. The van der Waals surface area contributed by atoms with Crippen LogP contribution in [0.3, 0.4) is 0 Å². The number of hydrogen-bond acceptors (Lipinski definition) is 3. The Morgan fingerprint density at radius 2 is 1.94 bits per heavy atom. The summed E-state index contributed by atoms with van der Waals surface area (Å²) in [4.78, 5) is 11.5. The Labute approximate surface area is 108 Å². The lowest BCUT2D eigenvalue weighted by atomic mass is 10.1. The lowest BCUT2D eigenvalue weighted by molar-refractivity contribution is -0.121. The maximum Gasteiger partial charge on any atom is 0.240 e. The lowest BCUT2D eigenvalue weighted by Gasteiger charge is -2.05. The number of benzene rings is 1. The minimum absolute atomic E-state index is 0.0575. The average Bonchev–Trinajstić information content (AvgIpc) is 2.35. The SMILES string of the molecule is COc1ccc(/C(C)=N\NC(=O)CC(C)C)cc1. The van der Waals surface area contributed by atoms with Gasteiger partial charge in [0.15, 0.2) is 0 Å². The highest BCUT2D eigenvalue weighted by Gasteiger charge is 2.04. The molecule has 0 saturated heterocycles. The Morgan fingerprint density at radius 1 is 1.33 bits per heavy atom. The summed E-state index contributed by atoms with van der Waals surface area (Å²) in [5.74, 6) is 1.08. The second kappa shape index (κ2) is 6.79. The first kappa shape index (κ1) is 14.2. The van der Waals surface area contributed by atoms with E-state index in [2.05, 4.69) is 10.5 Å². The van der Waals surface area contributed by atoms with Crippen LogP contribution in [0.15, 0.2) is 29.4 Å². The van der Waals surface area contributed by atoms with Crippen molar-refractivity contribution in [2.24, 2.45) is 11.0 Å². The van der Waals surface area contributed by atoms with Gasteiger partial charge in [-0.1, -0.05) is 13.8 Å². The van der Waals surface area contributed by atoms with E-state index in [1.807, 2.05) is 45.0 Å². The Balaban J connectivity index is 2.62. The first-order valence-electron chi connectivity index (χ1n) is 6.00. The molecule has 0 saturated carbocycles. The van der Waals surface area contributed by atoms with Gasteiger partial charge in [0.1, 0.15) is 5.75 Å². The molecule has 0 aliphatic heterocycles. The van der Waals surface area contributed by atoms with Gasteiger partial charge in [-0.15, -0.1) is 0 Å². The summed E-state index contributed by atoms with van der Waals surface area (Å²) in [6.45, 7) is 5.86. The molecule has 1 amide bonds. The molecule has 0 heterocycles. The fourth-order valence-electron chi connectivity index (χ4n) is 1.46. The molecule has 0 aliphatic rings. The van der Waals surface area contributed by atoms with Crippen LogP contribution in [0.1, 0.15) is 32.8 Å². The number of rotatable bonds is 5. The summed E-state index contributed by atoms with van der Waals surface area (Å²) in [7, 11) is 1.63. The van der Waals surface area contributed by atoms with E-state index in [0.29, 0.717) is 12.3 Å². The minimum Gasteiger partial charge on any atom is -0.497 e. The molecule has 0 atom stereocenters. The van der Waals surface area contributed by atoms with Crippen molar-refractivity contribution in [1.82, 2.24) is 5.43 Å². The second-order valence-electron chi connectivity index (χ2n) is 4.56. The van der Waals surface area contributed by atoms with Crippen LogP contribution in [0.5, 0.6) is 5.75 Å². The van der Waals surface area contributed by atoms with Gasteiger partial charge in [-0.05, 0) is 42.7 Å². The molecule has 4 heteroatoms. The van der Waals surface area contributed by atoms with Crippen LogP contribution in [-0.4, -0.2) is 18.7 Å². The fourth-order valence-corrected chi connectivity index (χ4v) is 1.46. The zero-order chi connectivity index (χ0) is 13.5. The quantitative estimate of drug-likeness (QED) is 0.643. The van der Waals surface area contributed by atoms with Gasteiger partial charge in [0.05, 0.1) is 12.8 Å². The molecule has 18 heavy (non-hydrogen) atoms. The van der Waals surface area contributed by atoms with Gasteiger partial charge in [0.25, 0.3) is 0 Å². The number of carbonyl (C=O) groups excluding carboxylic acids is 1. The van der Waals surface area contributed by atoms with E-state index < -0.39 is 0 Å². The van der Waals surface area contributed by atoms with Gasteiger partial charge in [0, 0.05) is 6.42 Å². The number of ether oxygens (including phenoxy) is 1. The predicted octanol–water partition coefficient (Wildman–Crippen LogP) is 2.58. The molecular weight excluding hydrogens is 228 g/mol. The number of hydrogen-bond donors (Lipinski definition) is 1. The highest BCUT2D eigenvalue weighted by atomic mass is 16.5. The molecule has 98 valence electrons. The van der Waals surface area contributed by atoms with Crippen LogP contribution >= 0.6 is 0 Å². The molecule has 0 aromatic heterocycles. The topological polar surface area (TPSA) is 50.7 Å². The van der Waals surface area contributed by atoms with E-state index in [-0.39, 0.29) is 5.91 Å². The maximum atomic E-state index is 11.5. The van der Waals surface area contributed by atoms with E-state index in [0.717, 1.165) is 17.0 Å². The molecule has 1 N–H and O–H groups in total. The molecule has 0 aliphatic carbocycles. The minimum atomic E-state index is -0.0575. The van der Waals surface area contributed by atoms with Crippen molar-refractivity contribution in [2.45, 2.75) is 27.2 Å². The van der Waals surface area contributed by atoms with Gasteiger partial charge in [-0.25, -0.2) is 5.43 Å². The van der Waals surface area contributed by atoms with Crippen LogP contribution < -0.4 is 10.2 Å². The van der Waals surface area contributed by atoms with Crippen molar-refractivity contribution in [1.29, 1.82) is 0 Å². The maximum absolute atomic E-state index is 11.5. The Bertz CT molecular complexity index is 422. The summed E-state index contributed by atoms with van der Waals surface area (Å²) < 4.78 is 5.08. The van der Waals surface area contributed by atoms with Crippen molar-refractivity contribution >= 4 is 11.6 Å². The van der Waals surface area contributed by atoms with E-state index >= 15 is 0 Å². The van der Waals surface area contributed by atoms with Crippen LogP contribution in [0, 0.1) is 5.92 Å². The Hall–Kier alpha value is -1.84. The fraction of sp³-hybridized carbons (Fsp3) is 0.429. The Kier molecular flexibility index (Phi) is 5.36. The smallest absolute Gasteiger partial charge is 0.240 e. The monoisotopic (exact) mass is 248 g/mol. The predicted molar refractivity (Wildman–Crippen MR) is 72.8 cm³/mol. The molecule has 0 radical (unpaired) electrons. The first-order chi connectivity index (χ1) is 8.52. The second-order valence-corrected chi connectivity index (χ2v) is 4.56. The van der Waals surface area contributed by atoms with E-state index in [1.54, 1.807) is 7.11 Å². The van der Waals surface area contributed by atoms with Crippen molar-refractivity contribution in [3.63, 3.8) is 0 Å². The summed E-state index contributed by atoms with van der Waals surface area (Å²) in [6, 6.07) is 7.55. The molecular formula is C14H20N2O2. The van der Waals surface area contributed by atoms with Crippen molar-refractivity contribution in [3.05, 3.63) is 29.8 Å². The molecule has 0 fully saturated rings. The van der Waals surface area contributed by atoms with Gasteiger partial charge in [-0.2, -0.15) is 5.10 Å². The third kappa shape index (κ3) is 4.57. The van der Waals surface area contributed by atoms with Crippen molar-refractivity contribution in [2.75, 3.05) is 7.11 Å². The number of amides is 1. The van der Waals surface area contributed by atoms with Crippen LogP contribution in [0.25, 0.3) is 0 Å².